The molecule has 0 saturated carbocycles. The zero-order chi connectivity index (χ0) is 11.4. The molecular formula is C12H11NO2S. The average Bonchev–Trinajstić information content (AvgIpc) is 2.33. The van der Waals surface area contributed by atoms with Crippen molar-refractivity contribution >= 4 is 18.5 Å². The van der Waals surface area contributed by atoms with E-state index in [0.29, 0.717) is 5.75 Å². The van der Waals surface area contributed by atoms with E-state index in [4.69, 9.17) is 9.84 Å². The topological polar surface area (TPSA) is 41.5 Å². The molecule has 2 aromatic carbocycles. The lowest BCUT2D eigenvalue weighted by Gasteiger charge is -2.06. The Balaban J connectivity index is 2.11. The molecule has 0 fully saturated rings. The first-order valence-electron chi connectivity index (χ1n) is 4.75. The molecule has 2 N–H and O–H groups in total. The van der Waals surface area contributed by atoms with Crippen LogP contribution >= 0.6 is 12.8 Å². The Hall–Kier alpha value is -1.81. The molecule has 0 amide bonds. The SMILES string of the molecule is Oc1ccc(Oc2ccc(NS)cc2)cc1. The summed E-state index contributed by atoms with van der Waals surface area (Å²) in [6, 6.07) is 14.0. The molecular weight excluding hydrogens is 222 g/mol. The van der Waals surface area contributed by atoms with Gasteiger partial charge in [0.25, 0.3) is 0 Å². The van der Waals surface area contributed by atoms with Crippen molar-refractivity contribution in [2.75, 3.05) is 4.72 Å². The summed E-state index contributed by atoms with van der Waals surface area (Å²) >= 11 is 3.94. The summed E-state index contributed by atoms with van der Waals surface area (Å²) in [5, 5.41) is 9.12. The number of anilines is 1. The highest BCUT2D eigenvalue weighted by molar-refractivity contribution is 7.81. The number of rotatable bonds is 3. The molecule has 0 bridgehead atoms. The average molecular weight is 233 g/mol. The van der Waals surface area contributed by atoms with Gasteiger partial charge in [-0.2, -0.15) is 0 Å². The maximum Gasteiger partial charge on any atom is 0.127 e. The highest BCUT2D eigenvalue weighted by atomic mass is 32.1. The van der Waals surface area contributed by atoms with Gasteiger partial charge in [0.05, 0.1) is 0 Å². The Kier molecular flexibility index (Phi) is 3.22. The highest BCUT2D eigenvalue weighted by Crippen LogP contribution is 2.24. The summed E-state index contributed by atoms with van der Waals surface area (Å²) in [7, 11) is 0. The number of phenolic OH excluding ortho intramolecular Hbond substituents is 1. The normalized spacial score (nSPS) is 9.81. The fourth-order valence-corrected chi connectivity index (χ4v) is 1.40. The molecule has 0 heterocycles. The third-order valence-corrected chi connectivity index (χ3v) is 2.31. The van der Waals surface area contributed by atoms with Crippen LogP contribution in [-0.2, 0) is 0 Å². The zero-order valence-corrected chi connectivity index (χ0v) is 9.32. The Morgan fingerprint density at radius 1 is 0.875 bits per heavy atom. The molecule has 0 atom stereocenters. The van der Waals surface area contributed by atoms with Crippen molar-refractivity contribution in [3.05, 3.63) is 48.5 Å². The van der Waals surface area contributed by atoms with Gasteiger partial charge < -0.3 is 14.6 Å². The summed E-state index contributed by atoms with van der Waals surface area (Å²) < 4.78 is 8.30. The first-order chi connectivity index (χ1) is 7.78. The number of hydrogen-bond acceptors (Lipinski definition) is 4. The quantitative estimate of drug-likeness (QED) is 0.711. The van der Waals surface area contributed by atoms with Crippen LogP contribution in [0.1, 0.15) is 0 Å². The number of benzene rings is 2. The summed E-state index contributed by atoms with van der Waals surface area (Å²) in [6.45, 7) is 0. The zero-order valence-electron chi connectivity index (χ0n) is 8.42. The third kappa shape index (κ3) is 2.61. The number of aromatic hydroxyl groups is 1. The summed E-state index contributed by atoms with van der Waals surface area (Å²) in [5.41, 5.74) is 0.904. The second kappa shape index (κ2) is 4.81. The molecule has 0 saturated heterocycles. The number of phenols is 1. The molecule has 3 nitrogen and oxygen atoms in total. The van der Waals surface area contributed by atoms with Crippen molar-refractivity contribution in [2.24, 2.45) is 0 Å². The van der Waals surface area contributed by atoms with Crippen molar-refractivity contribution in [1.29, 1.82) is 0 Å². The molecule has 2 rings (SSSR count). The Labute approximate surface area is 99.2 Å². The lowest BCUT2D eigenvalue weighted by molar-refractivity contribution is 0.464. The molecule has 0 spiro atoms. The van der Waals surface area contributed by atoms with E-state index in [1.54, 1.807) is 24.3 Å². The van der Waals surface area contributed by atoms with E-state index in [1.807, 2.05) is 24.3 Å². The molecule has 4 heteroatoms. The number of nitrogens with one attached hydrogen (secondary N) is 1. The fraction of sp³-hybridized carbons (Fsp3) is 0. The van der Waals surface area contributed by atoms with Crippen molar-refractivity contribution < 1.29 is 9.84 Å². The van der Waals surface area contributed by atoms with Crippen LogP contribution in [0.5, 0.6) is 17.2 Å². The van der Waals surface area contributed by atoms with Gasteiger partial charge >= 0.3 is 0 Å². The van der Waals surface area contributed by atoms with Crippen molar-refractivity contribution in [1.82, 2.24) is 0 Å². The lowest BCUT2D eigenvalue weighted by atomic mass is 10.3. The number of hydrogen-bond donors (Lipinski definition) is 3. The van der Waals surface area contributed by atoms with Crippen LogP contribution in [-0.4, -0.2) is 5.11 Å². The number of thiol groups is 1. The molecule has 0 radical (unpaired) electrons. The molecule has 0 aliphatic rings. The van der Waals surface area contributed by atoms with E-state index < -0.39 is 0 Å². The Morgan fingerprint density at radius 3 is 1.88 bits per heavy atom. The standard InChI is InChI=1S/C12H11NO2S/c14-10-3-7-12(8-4-10)15-11-5-1-9(13-16)2-6-11/h1-8,13-14,16H. The smallest absolute Gasteiger partial charge is 0.127 e. The molecule has 2 aromatic rings. The van der Waals surface area contributed by atoms with Gasteiger partial charge in [-0.05, 0) is 48.5 Å². The van der Waals surface area contributed by atoms with Crippen LogP contribution in [0.4, 0.5) is 5.69 Å². The van der Waals surface area contributed by atoms with Crippen LogP contribution in [0.2, 0.25) is 0 Å². The van der Waals surface area contributed by atoms with Gasteiger partial charge in [-0.25, -0.2) is 0 Å². The van der Waals surface area contributed by atoms with Gasteiger partial charge in [0.1, 0.15) is 17.2 Å². The second-order valence-corrected chi connectivity index (χ2v) is 3.46. The highest BCUT2D eigenvalue weighted by Gasteiger charge is 1.97. The fourth-order valence-electron chi connectivity index (χ4n) is 1.25. The molecule has 16 heavy (non-hydrogen) atoms. The summed E-state index contributed by atoms with van der Waals surface area (Å²) in [5.74, 6) is 1.64. The minimum absolute atomic E-state index is 0.224. The van der Waals surface area contributed by atoms with Gasteiger partial charge in [-0.15, -0.1) is 0 Å². The van der Waals surface area contributed by atoms with Gasteiger partial charge in [0.2, 0.25) is 0 Å². The summed E-state index contributed by atoms with van der Waals surface area (Å²) in [6.07, 6.45) is 0. The van der Waals surface area contributed by atoms with Crippen molar-refractivity contribution in [3.8, 4) is 17.2 Å². The Bertz CT molecular complexity index is 453. The van der Waals surface area contributed by atoms with Crippen LogP contribution in [0.3, 0.4) is 0 Å². The minimum Gasteiger partial charge on any atom is -0.508 e. The third-order valence-electron chi connectivity index (χ3n) is 2.06. The Morgan fingerprint density at radius 2 is 1.38 bits per heavy atom. The van der Waals surface area contributed by atoms with Crippen LogP contribution in [0.15, 0.2) is 48.5 Å². The van der Waals surface area contributed by atoms with Crippen LogP contribution < -0.4 is 9.46 Å². The predicted octanol–water partition coefficient (Wildman–Crippen LogP) is 3.44. The van der Waals surface area contributed by atoms with Crippen LogP contribution in [0.25, 0.3) is 0 Å². The van der Waals surface area contributed by atoms with E-state index in [2.05, 4.69) is 17.5 Å². The first-order valence-corrected chi connectivity index (χ1v) is 5.20. The first kappa shape index (κ1) is 10.7. The summed E-state index contributed by atoms with van der Waals surface area (Å²) in [4.78, 5) is 0. The van der Waals surface area contributed by atoms with E-state index in [-0.39, 0.29) is 5.75 Å². The van der Waals surface area contributed by atoms with E-state index in [1.165, 1.54) is 0 Å². The maximum atomic E-state index is 9.12. The van der Waals surface area contributed by atoms with E-state index in [9.17, 15) is 0 Å². The minimum atomic E-state index is 0.224. The number of ether oxygens (including phenoxy) is 1. The molecule has 82 valence electrons. The van der Waals surface area contributed by atoms with E-state index >= 15 is 0 Å². The van der Waals surface area contributed by atoms with Gasteiger partial charge in [0.15, 0.2) is 0 Å². The predicted molar refractivity (Wildman–Crippen MR) is 67.2 cm³/mol. The van der Waals surface area contributed by atoms with Gasteiger partial charge in [0, 0.05) is 5.69 Å². The van der Waals surface area contributed by atoms with Crippen molar-refractivity contribution in [2.45, 2.75) is 0 Å². The van der Waals surface area contributed by atoms with Gasteiger partial charge in [-0.3, -0.25) is 0 Å². The van der Waals surface area contributed by atoms with Gasteiger partial charge in [-0.1, -0.05) is 12.8 Å². The maximum absolute atomic E-state index is 9.12. The largest absolute Gasteiger partial charge is 0.508 e. The molecule has 0 aliphatic carbocycles. The molecule has 0 unspecified atom stereocenters. The molecule has 0 aromatic heterocycles. The molecule has 0 aliphatic heterocycles. The van der Waals surface area contributed by atoms with Crippen molar-refractivity contribution in [3.63, 3.8) is 0 Å². The van der Waals surface area contributed by atoms with E-state index in [0.717, 1.165) is 11.4 Å². The monoisotopic (exact) mass is 233 g/mol. The lowest BCUT2D eigenvalue weighted by Crippen LogP contribution is -1.84. The van der Waals surface area contributed by atoms with Crippen LogP contribution in [0, 0.1) is 0 Å². The second-order valence-electron chi connectivity index (χ2n) is 3.23.